The molecule has 0 aliphatic rings. The Bertz CT molecular complexity index is 1260. The molecule has 0 spiro atoms. The maximum atomic E-state index is 13.2. The molecular formula is C25H26N2O6S. The smallest absolute Gasteiger partial charge is 0.339 e. The van der Waals surface area contributed by atoms with Crippen LogP contribution in [0.5, 0.6) is 5.75 Å². The lowest BCUT2D eigenvalue weighted by molar-refractivity contribution is -0.125. The van der Waals surface area contributed by atoms with Crippen LogP contribution in [0.25, 0.3) is 0 Å². The minimum absolute atomic E-state index is 0.0230. The molecule has 0 aliphatic heterocycles. The minimum atomic E-state index is -3.66. The molecule has 178 valence electrons. The molecule has 0 fully saturated rings. The first-order valence-electron chi connectivity index (χ1n) is 10.6. The predicted molar refractivity (Wildman–Crippen MR) is 128 cm³/mol. The van der Waals surface area contributed by atoms with Crippen molar-refractivity contribution in [3.05, 3.63) is 89.5 Å². The van der Waals surface area contributed by atoms with Gasteiger partial charge in [-0.15, -0.1) is 0 Å². The molecule has 0 saturated carbocycles. The van der Waals surface area contributed by atoms with Gasteiger partial charge in [0.25, 0.3) is 5.91 Å². The van der Waals surface area contributed by atoms with Crippen LogP contribution in [0.3, 0.4) is 0 Å². The number of benzene rings is 3. The summed E-state index contributed by atoms with van der Waals surface area (Å²) in [7, 11) is -2.16. The van der Waals surface area contributed by atoms with Gasteiger partial charge < -0.3 is 14.8 Å². The van der Waals surface area contributed by atoms with E-state index in [0.29, 0.717) is 17.0 Å². The minimum Gasteiger partial charge on any atom is -0.495 e. The Kier molecular flexibility index (Phi) is 8.04. The number of carbonyl (C=O) groups is 2. The Morgan fingerprint density at radius 2 is 1.65 bits per heavy atom. The largest absolute Gasteiger partial charge is 0.495 e. The lowest BCUT2D eigenvalue weighted by Crippen LogP contribution is -2.26. The number of sulfonamides is 1. The van der Waals surface area contributed by atoms with Crippen LogP contribution in [0.4, 0.5) is 5.69 Å². The van der Waals surface area contributed by atoms with Crippen molar-refractivity contribution in [2.24, 2.45) is 0 Å². The molecule has 1 amide bonds. The Hall–Kier alpha value is -3.69. The van der Waals surface area contributed by atoms with E-state index in [4.69, 9.17) is 9.47 Å². The maximum absolute atomic E-state index is 13.2. The molecule has 1 unspecified atom stereocenters. The van der Waals surface area contributed by atoms with Gasteiger partial charge in [-0.3, -0.25) is 4.79 Å². The van der Waals surface area contributed by atoms with Crippen LogP contribution in [0.1, 0.15) is 34.5 Å². The zero-order valence-electron chi connectivity index (χ0n) is 19.1. The molecular weight excluding hydrogens is 456 g/mol. The molecule has 0 saturated heterocycles. The normalized spacial score (nSPS) is 12.0. The summed E-state index contributed by atoms with van der Waals surface area (Å²) in [6.45, 7) is 3.79. The molecule has 3 rings (SSSR count). The average molecular weight is 483 g/mol. The van der Waals surface area contributed by atoms with E-state index in [1.165, 1.54) is 31.4 Å². The zero-order valence-corrected chi connectivity index (χ0v) is 19.9. The second kappa shape index (κ2) is 11.0. The highest BCUT2D eigenvalue weighted by Gasteiger charge is 2.27. The molecule has 0 radical (unpaired) electrons. The third-order valence-corrected chi connectivity index (χ3v) is 6.47. The first kappa shape index (κ1) is 24.9. The van der Waals surface area contributed by atoms with Crippen LogP contribution >= 0.6 is 0 Å². The van der Waals surface area contributed by atoms with Crippen molar-refractivity contribution in [3.8, 4) is 5.75 Å². The van der Waals surface area contributed by atoms with Crippen LogP contribution in [0.2, 0.25) is 0 Å². The van der Waals surface area contributed by atoms with Crippen molar-refractivity contribution in [1.82, 2.24) is 4.72 Å². The number of nitrogens with one attached hydrogen (secondary N) is 2. The van der Waals surface area contributed by atoms with Gasteiger partial charge in [0.15, 0.2) is 0 Å². The van der Waals surface area contributed by atoms with Gasteiger partial charge in [-0.1, -0.05) is 43.3 Å². The summed E-state index contributed by atoms with van der Waals surface area (Å²) >= 11 is 0. The highest BCUT2D eigenvalue weighted by molar-refractivity contribution is 7.89. The van der Waals surface area contributed by atoms with E-state index in [9.17, 15) is 18.0 Å². The van der Waals surface area contributed by atoms with Crippen molar-refractivity contribution in [1.29, 1.82) is 0 Å². The second-order valence-corrected chi connectivity index (χ2v) is 9.18. The molecule has 9 heteroatoms. The zero-order chi connectivity index (χ0) is 24.7. The third-order valence-electron chi connectivity index (χ3n) is 4.91. The lowest BCUT2D eigenvalue weighted by Gasteiger charge is -2.19. The van der Waals surface area contributed by atoms with Gasteiger partial charge in [0.05, 0.1) is 23.3 Å². The van der Waals surface area contributed by atoms with Crippen LogP contribution < -0.4 is 14.8 Å². The van der Waals surface area contributed by atoms with Gasteiger partial charge in [-0.25, -0.2) is 17.9 Å². The molecule has 2 N–H and O–H groups in total. The number of ether oxygens (including phenoxy) is 2. The number of methoxy groups -OCH3 is 1. The van der Waals surface area contributed by atoms with Gasteiger partial charge in [0.1, 0.15) is 5.75 Å². The van der Waals surface area contributed by atoms with Crippen LogP contribution in [-0.2, 0) is 19.6 Å². The van der Waals surface area contributed by atoms with Crippen LogP contribution in [0.15, 0.2) is 77.7 Å². The van der Waals surface area contributed by atoms with Gasteiger partial charge in [0.2, 0.25) is 16.1 Å². The molecule has 0 aliphatic carbocycles. The number of aryl methyl sites for hydroxylation is 1. The molecule has 3 aromatic rings. The fourth-order valence-corrected chi connectivity index (χ4v) is 4.28. The standard InChI is InChI=1S/C25H26N2O6S/c1-4-26-34(30,31)20-13-11-19(12-14-20)25(29)33-23(18-8-6-5-7-9-18)24(28)27-21-16-17(2)10-15-22(21)32-3/h5-16,23,26H,4H2,1-3H3,(H,27,28). The SMILES string of the molecule is CCNS(=O)(=O)c1ccc(C(=O)OC(C(=O)Nc2cc(C)ccc2OC)c2ccccc2)cc1. The predicted octanol–water partition coefficient (Wildman–Crippen LogP) is 3.84. The molecule has 8 nitrogen and oxygen atoms in total. The van der Waals surface area contributed by atoms with Gasteiger partial charge in [-0.05, 0) is 48.9 Å². The molecule has 34 heavy (non-hydrogen) atoms. The molecule has 1 atom stereocenters. The number of amides is 1. The Labute approximate surface area is 199 Å². The quantitative estimate of drug-likeness (QED) is 0.449. The van der Waals surface area contributed by atoms with E-state index in [1.54, 1.807) is 49.4 Å². The number of rotatable bonds is 9. The second-order valence-electron chi connectivity index (χ2n) is 7.41. The van der Waals surface area contributed by atoms with E-state index in [-0.39, 0.29) is 17.0 Å². The Morgan fingerprint density at radius 3 is 2.26 bits per heavy atom. The van der Waals surface area contributed by atoms with Crippen LogP contribution in [0, 0.1) is 6.92 Å². The number of carbonyl (C=O) groups excluding carboxylic acids is 2. The highest BCUT2D eigenvalue weighted by atomic mass is 32.2. The highest BCUT2D eigenvalue weighted by Crippen LogP contribution is 2.28. The number of hydrogen-bond acceptors (Lipinski definition) is 6. The van der Waals surface area contributed by atoms with Gasteiger partial charge in [0, 0.05) is 12.1 Å². The topological polar surface area (TPSA) is 111 Å². The van der Waals surface area contributed by atoms with E-state index in [2.05, 4.69) is 10.0 Å². The van der Waals surface area contributed by atoms with Gasteiger partial charge in [-0.2, -0.15) is 0 Å². The van der Waals surface area contributed by atoms with Crippen molar-refractivity contribution in [3.63, 3.8) is 0 Å². The summed E-state index contributed by atoms with van der Waals surface area (Å²) in [5, 5.41) is 2.77. The summed E-state index contributed by atoms with van der Waals surface area (Å²) in [6, 6.07) is 19.3. The number of hydrogen-bond donors (Lipinski definition) is 2. The van der Waals surface area contributed by atoms with Crippen molar-refractivity contribution in [2.75, 3.05) is 19.0 Å². The monoisotopic (exact) mass is 482 g/mol. The molecule has 0 aromatic heterocycles. The third kappa shape index (κ3) is 6.00. The molecule has 0 heterocycles. The number of anilines is 1. The van der Waals surface area contributed by atoms with Crippen molar-refractivity contribution < 1.29 is 27.5 Å². The summed E-state index contributed by atoms with van der Waals surface area (Å²) in [5.74, 6) is -0.864. The van der Waals surface area contributed by atoms with E-state index < -0.39 is 28.0 Å². The van der Waals surface area contributed by atoms with E-state index in [1.807, 2.05) is 13.0 Å². The summed E-state index contributed by atoms with van der Waals surface area (Å²) < 4.78 is 37.5. The fraction of sp³-hybridized carbons (Fsp3) is 0.200. The van der Waals surface area contributed by atoms with Crippen molar-refractivity contribution >= 4 is 27.6 Å². The molecule has 0 bridgehead atoms. The first-order valence-corrected chi connectivity index (χ1v) is 12.0. The molecule has 3 aromatic carbocycles. The van der Waals surface area contributed by atoms with Crippen molar-refractivity contribution in [2.45, 2.75) is 24.8 Å². The summed E-state index contributed by atoms with van der Waals surface area (Å²) in [4.78, 5) is 26.1. The maximum Gasteiger partial charge on any atom is 0.339 e. The lowest BCUT2D eigenvalue weighted by atomic mass is 10.1. The number of esters is 1. The first-order chi connectivity index (χ1) is 16.2. The fourth-order valence-electron chi connectivity index (χ4n) is 3.24. The van der Waals surface area contributed by atoms with E-state index in [0.717, 1.165) is 5.56 Å². The van der Waals surface area contributed by atoms with E-state index >= 15 is 0 Å². The van der Waals surface area contributed by atoms with Crippen LogP contribution in [-0.4, -0.2) is 33.9 Å². The average Bonchev–Trinajstić information content (AvgIpc) is 2.83. The Balaban J connectivity index is 1.85. The summed E-state index contributed by atoms with van der Waals surface area (Å²) in [6.07, 6.45) is -1.25. The van der Waals surface area contributed by atoms with Gasteiger partial charge >= 0.3 is 5.97 Å². The Morgan fingerprint density at radius 1 is 0.971 bits per heavy atom. The summed E-state index contributed by atoms with van der Waals surface area (Å²) in [5.41, 5.74) is 1.95.